The monoisotopic (exact) mass is 182 g/mol. The van der Waals surface area contributed by atoms with Crippen LogP contribution in [0.4, 0.5) is 0 Å². The minimum atomic E-state index is 0.429. The van der Waals surface area contributed by atoms with Crippen molar-refractivity contribution in [2.45, 2.75) is 18.6 Å². The van der Waals surface area contributed by atoms with Crippen molar-refractivity contribution in [1.82, 2.24) is 10.2 Å². The molecule has 2 rings (SSSR count). The molecule has 3 nitrogen and oxygen atoms in total. The first kappa shape index (κ1) is 9.19. The minimum Gasteiger partial charge on any atom is -0.374 e. The van der Waals surface area contributed by atoms with E-state index in [1.165, 1.54) is 0 Å². The van der Waals surface area contributed by atoms with E-state index in [-0.39, 0.29) is 0 Å². The third-order valence-corrected chi connectivity index (χ3v) is 2.93. The number of ether oxygens (including phenoxy) is 1. The van der Waals surface area contributed by atoms with Gasteiger partial charge in [-0.05, 0) is 6.42 Å². The van der Waals surface area contributed by atoms with Gasteiger partial charge in [-0.3, -0.25) is 4.90 Å². The van der Waals surface area contributed by atoms with E-state index in [1.807, 2.05) is 6.08 Å². The van der Waals surface area contributed by atoms with Crippen molar-refractivity contribution < 1.29 is 4.74 Å². The van der Waals surface area contributed by atoms with E-state index in [4.69, 9.17) is 4.74 Å². The van der Waals surface area contributed by atoms with Crippen LogP contribution in [0, 0.1) is 0 Å². The van der Waals surface area contributed by atoms with Gasteiger partial charge in [-0.25, -0.2) is 0 Å². The summed E-state index contributed by atoms with van der Waals surface area (Å²) in [5, 5.41) is 3.38. The minimum absolute atomic E-state index is 0.429. The van der Waals surface area contributed by atoms with Gasteiger partial charge in [0.25, 0.3) is 0 Å². The fraction of sp³-hybridized carbons (Fsp3) is 0.800. The molecule has 2 atom stereocenters. The molecule has 0 aromatic heterocycles. The Kier molecular flexibility index (Phi) is 2.98. The number of nitrogens with zero attached hydrogens (tertiary/aromatic N) is 1. The van der Waals surface area contributed by atoms with Crippen LogP contribution in [-0.4, -0.2) is 49.8 Å². The third-order valence-electron chi connectivity index (χ3n) is 2.93. The number of hydrogen-bond acceptors (Lipinski definition) is 3. The van der Waals surface area contributed by atoms with E-state index < -0.39 is 0 Å². The Morgan fingerprint density at radius 1 is 1.54 bits per heavy atom. The molecule has 0 spiro atoms. The Labute approximate surface area is 79.7 Å². The van der Waals surface area contributed by atoms with Gasteiger partial charge in [0.1, 0.15) is 0 Å². The summed E-state index contributed by atoms with van der Waals surface area (Å²) in [6.07, 6.45) is 3.51. The van der Waals surface area contributed by atoms with Crippen molar-refractivity contribution in [3.8, 4) is 0 Å². The first-order valence-electron chi connectivity index (χ1n) is 5.09. The lowest BCUT2D eigenvalue weighted by atomic mass is 10.1. The van der Waals surface area contributed by atoms with Gasteiger partial charge in [-0.15, -0.1) is 6.58 Å². The van der Waals surface area contributed by atoms with Gasteiger partial charge in [0.15, 0.2) is 0 Å². The maximum atomic E-state index is 5.68. The van der Waals surface area contributed by atoms with Gasteiger partial charge >= 0.3 is 0 Å². The van der Waals surface area contributed by atoms with Gasteiger partial charge < -0.3 is 10.1 Å². The third kappa shape index (κ3) is 1.93. The predicted octanol–water partition coefficient (Wildman–Crippen LogP) is 0.235. The van der Waals surface area contributed by atoms with Crippen molar-refractivity contribution in [2.75, 3.05) is 32.8 Å². The topological polar surface area (TPSA) is 24.5 Å². The molecule has 2 heterocycles. The molecule has 2 aliphatic rings. The lowest BCUT2D eigenvalue weighted by Crippen LogP contribution is -2.50. The van der Waals surface area contributed by atoms with E-state index in [0.717, 1.165) is 39.2 Å². The van der Waals surface area contributed by atoms with Gasteiger partial charge in [-0.1, -0.05) is 6.08 Å². The lowest BCUT2D eigenvalue weighted by Gasteiger charge is -2.36. The van der Waals surface area contributed by atoms with Crippen molar-refractivity contribution in [1.29, 1.82) is 0 Å². The van der Waals surface area contributed by atoms with Gasteiger partial charge in [-0.2, -0.15) is 0 Å². The van der Waals surface area contributed by atoms with Crippen LogP contribution >= 0.6 is 0 Å². The molecule has 3 heteroatoms. The average Bonchev–Trinajstić information content (AvgIpc) is 2.62. The summed E-state index contributed by atoms with van der Waals surface area (Å²) in [6, 6.07) is 0.605. The second-order valence-corrected chi connectivity index (χ2v) is 3.75. The zero-order valence-electron chi connectivity index (χ0n) is 8.04. The molecule has 2 unspecified atom stereocenters. The van der Waals surface area contributed by atoms with Crippen molar-refractivity contribution in [3.05, 3.63) is 12.7 Å². The fourth-order valence-electron chi connectivity index (χ4n) is 2.20. The molecule has 0 aliphatic carbocycles. The number of fused-ring (bicyclic) bond motifs is 1. The van der Waals surface area contributed by atoms with Crippen LogP contribution < -0.4 is 5.32 Å². The summed E-state index contributed by atoms with van der Waals surface area (Å²) in [5.41, 5.74) is 0. The Bertz CT molecular complexity index is 184. The van der Waals surface area contributed by atoms with Crippen LogP contribution in [0.3, 0.4) is 0 Å². The second kappa shape index (κ2) is 4.22. The summed E-state index contributed by atoms with van der Waals surface area (Å²) in [7, 11) is 0. The Balaban J connectivity index is 1.89. The largest absolute Gasteiger partial charge is 0.374 e. The molecule has 0 amide bonds. The molecule has 74 valence electrons. The number of hydrogen-bond donors (Lipinski definition) is 1. The van der Waals surface area contributed by atoms with Crippen molar-refractivity contribution in [3.63, 3.8) is 0 Å². The van der Waals surface area contributed by atoms with Crippen molar-refractivity contribution >= 4 is 0 Å². The van der Waals surface area contributed by atoms with Crippen LogP contribution in [0.5, 0.6) is 0 Å². The molecule has 2 aliphatic heterocycles. The molecule has 13 heavy (non-hydrogen) atoms. The molecule has 0 aromatic rings. The summed E-state index contributed by atoms with van der Waals surface area (Å²) >= 11 is 0. The van der Waals surface area contributed by atoms with Gasteiger partial charge in [0.05, 0.1) is 12.7 Å². The van der Waals surface area contributed by atoms with Crippen LogP contribution in [0.25, 0.3) is 0 Å². The van der Waals surface area contributed by atoms with Crippen LogP contribution in [-0.2, 0) is 4.74 Å². The molecule has 0 bridgehead atoms. The number of rotatable bonds is 3. The highest BCUT2D eigenvalue weighted by Gasteiger charge is 2.35. The quantitative estimate of drug-likeness (QED) is 0.633. The van der Waals surface area contributed by atoms with E-state index in [2.05, 4.69) is 16.8 Å². The lowest BCUT2D eigenvalue weighted by molar-refractivity contribution is -0.0459. The van der Waals surface area contributed by atoms with Crippen LogP contribution in [0.2, 0.25) is 0 Å². The van der Waals surface area contributed by atoms with Crippen LogP contribution in [0.1, 0.15) is 6.42 Å². The highest BCUT2D eigenvalue weighted by Crippen LogP contribution is 2.17. The van der Waals surface area contributed by atoms with E-state index in [9.17, 15) is 0 Å². The standard InChI is InChI=1S/C10H18N2O/c1-2-3-4-12-5-6-13-10-8-11-7-9(10)12/h2,9-11H,1,3-8H2. The highest BCUT2D eigenvalue weighted by atomic mass is 16.5. The predicted molar refractivity (Wildman–Crippen MR) is 52.8 cm³/mol. The molecular weight excluding hydrogens is 164 g/mol. The van der Waals surface area contributed by atoms with E-state index >= 15 is 0 Å². The maximum absolute atomic E-state index is 5.68. The molecular formula is C10H18N2O. The SMILES string of the molecule is C=CCCN1CCOC2CNCC21. The fourth-order valence-corrected chi connectivity index (χ4v) is 2.20. The van der Waals surface area contributed by atoms with Crippen LogP contribution in [0.15, 0.2) is 12.7 Å². The summed E-state index contributed by atoms with van der Waals surface area (Å²) in [6.45, 7) is 8.97. The first-order chi connectivity index (χ1) is 6.42. The first-order valence-corrected chi connectivity index (χ1v) is 5.09. The Morgan fingerprint density at radius 3 is 3.31 bits per heavy atom. The molecule has 2 saturated heterocycles. The zero-order valence-corrected chi connectivity index (χ0v) is 8.04. The van der Waals surface area contributed by atoms with Crippen molar-refractivity contribution in [2.24, 2.45) is 0 Å². The molecule has 0 radical (unpaired) electrons. The van der Waals surface area contributed by atoms with E-state index in [0.29, 0.717) is 12.1 Å². The second-order valence-electron chi connectivity index (χ2n) is 3.75. The molecule has 0 aromatic carbocycles. The maximum Gasteiger partial charge on any atom is 0.0867 e. The normalized spacial score (nSPS) is 34.5. The Hall–Kier alpha value is -0.380. The molecule has 1 N–H and O–H groups in total. The smallest absolute Gasteiger partial charge is 0.0867 e. The van der Waals surface area contributed by atoms with Gasteiger partial charge in [0, 0.05) is 32.2 Å². The zero-order chi connectivity index (χ0) is 9.10. The highest BCUT2D eigenvalue weighted by molar-refractivity contribution is 4.92. The summed E-state index contributed by atoms with van der Waals surface area (Å²) < 4.78 is 5.68. The Morgan fingerprint density at radius 2 is 2.46 bits per heavy atom. The summed E-state index contributed by atoms with van der Waals surface area (Å²) in [5.74, 6) is 0. The van der Waals surface area contributed by atoms with Gasteiger partial charge in [0.2, 0.25) is 0 Å². The molecule has 2 fully saturated rings. The van der Waals surface area contributed by atoms with E-state index in [1.54, 1.807) is 0 Å². The average molecular weight is 182 g/mol. The summed E-state index contributed by atoms with van der Waals surface area (Å²) in [4.78, 5) is 2.52. The number of nitrogens with one attached hydrogen (secondary N) is 1. The number of morpholine rings is 1. The molecule has 0 saturated carbocycles.